The van der Waals surface area contributed by atoms with Gasteiger partial charge in [0, 0.05) is 11.3 Å². The van der Waals surface area contributed by atoms with Gasteiger partial charge >= 0.3 is 0 Å². The molecule has 2 aromatic rings. The molecule has 1 N–H and O–H groups in total. The Balaban J connectivity index is 1.90. The first-order valence-electron chi connectivity index (χ1n) is 8.24. The minimum Gasteiger partial charge on any atom is -0.322 e. The van der Waals surface area contributed by atoms with Gasteiger partial charge in [0.25, 0.3) is 5.91 Å². The zero-order valence-corrected chi connectivity index (χ0v) is 15.6. The first-order valence-corrected chi connectivity index (χ1v) is 9.85. The van der Waals surface area contributed by atoms with Gasteiger partial charge in [-0.15, -0.1) is 0 Å². The largest absolute Gasteiger partial charge is 0.322 e. The monoisotopic (exact) mass is 372 g/mol. The van der Waals surface area contributed by atoms with Gasteiger partial charge in [0.05, 0.1) is 17.4 Å². The SMILES string of the molecule is Cc1cc(C)cc(NC(=O)c2cccc(N3C(=O)C(C)CS3(=O)=O)c2)c1. The van der Waals surface area contributed by atoms with Gasteiger partial charge in [-0.3, -0.25) is 9.59 Å². The van der Waals surface area contributed by atoms with Crippen LogP contribution in [0.3, 0.4) is 0 Å². The summed E-state index contributed by atoms with van der Waals surface area (Å²) in [4.78, 5) is 24.8. The molecule has 136 valence electrons. The molecule has 1 atom stereocenters. The lowest BCUT2D eigenvalue weighted by Gasteiger charge is -2.16. The van der Waals surface area contributed by atoms with E-state index in [2.05, 4.69) is 5.32 Å². The molecule has 0 saturated carbocycles. The maximum atomic E-state index is 12.5. The molecule has 3 rings (SSSR count). The fourth-order valence-electron chi connectivity index (χ4n) is 3.11. The molecule has 0 spiro atoms. The Morgan fingerprint density at radius 1 is 1.12 bits per heavy atom. The first kappa shape index (κ1) is 18.1. The molecule has 1 heterocycles. The number of amides is 2. The number of rotatable bonds is 3. The van der Waals surface area contributed by atoms with Crippen LogP contribution in [0, 0.1) is 19.8 Å². The normalized spacial score (nSPS) is 18.8. The van der Waals surface area contributed by atoms with E-state index in [1.807, 2.05) is 32.0 Å². The minimum atomic E-state index is -3.70. The highest BCUT2D eigenvalue weighted by Crippen LogP contribution is 2.29. The van der Waals surface area contributed by atoms with Crippen molar-refractivity contribution in [3.63, 3.8) is 0 Å². The summed E-state index contributed by atoms with van der Waals surface area (Å²) in [5.74, 6) is -1.65. The van der Waals surface area contributed by atoms with Crippen LogP contribution in [0.5, 0.6) is 0 Å². The average Bonchev–Trinajstić information content (AvgIpc) is 2.74. The molecule has 26 heavy (non-hydrogen) atoms. The molecular weight excluding hydrogens is 352 g/mol. The quantitative estimate of drug-likeness (QED) is 0.898. The van der Waals surface area contributed by atoms with Crippen LogP contribution < -0.4 is 9.62 Å². The third kappa shape index (κ3) is 3.48. The van der Waals surface area contributed by atoms with E-state index >= 15 is 0 Å². The van der Waals surface area contributed by atoms with E-state index in [0.717, 1.165) is 15.4 Å². The number of nitrogens with one attached hydrogen (secondary N) is 1. The van der Waals surface area contributed by atoms with Crippen LogP contribution in [-0.2, 0) is 14.8 Å². The number of nitrogens with zero attached hydrogens (tertiary/aromatic N) is 1. The summed E-state index contributed by atoms with van der Waals surface area (Å²) in [5, 5.41) is 2.81. The Hall–Kier alpha value is -2.67. The van der Waals surface area contributed by atoms with Crippen molar-refractivity contribution in [2.24, 2.45) is 5.92 Å². The number of hydrogen-bond donors (Lipinski definition) is 1. The fraction of sp³-hybridized carbons (Fsp3) is 0.263. The smallest absolute Gasteiger partial charge is 0.255 e. The van der Waals surface area contributed by atoms with Gasteiger partial charge in [-0.2, -0.15) is 0 Å². The highest BCUT2D eigenvalue weighted by molar-refractivity contribution is 7.94. The molecule has 2 amide bonds. The number of benzene rings is 2. The lowest BCUT2D eigenvalue weighted by Crippen LogP contribution is -2.30. The summed E-state index contributed by atoms with van der Waals surface area (Å²) in [7, 11) is -3.70. The lowest BCUT2D eigenvalue weighted by atomic mass is 10.1. The summed E-state index contributed by atoms with van der Waals surface area (Å²) in [5.41, 5.74) is 3.18. The summed E-state index contributed by atoms with van der Waals surface area (Å²) in [6.07, 6.45) is 0. The van der Waals surface area contributed by atoms with Crippen LogP contribution in [0.4, 0.5) is 11.4 Å². The topological polar surface area (TPSA) is 83.6 Å². The van der Waals surface area contributed by atoms with E-state index in [4.69, 9.17) is 0 Å². The predicted molar refractivity (Wildman–Crippen MR) is 101 cm³/mol. The van der Waals surface area contributed by atoms with Gasteiger partial charge < -0.3 is 5.32 Å². The van der Waals surface area contributed by atoms with Gasteiger partial charge in [-0.25, -0.2) is 12.7 Å². The van der Waals surface area contributed by atoms with Gasteiger partial charge in [0.2, 0.25) is 15.9 Å². The van der Waals surface area contributed by atoms with E-state index in [1.54, 1.807) is 19.1 Å². The zero-order valence-electron chi connectivity index (χ0n) is 14.8. The highest BCUT2D eigenvalue weighted by Gasteiger charge is 2.42. The van der Waals surface area contributed by atoms with E-state index in [0.29, 0.717) is 5.69 Å². The van der Waals surface area contributed by atoms with Gasteiger partial charge in [-0.05, 0) is 55.3 Å². The first-order chi connectivity index (χ1) is 12.2. The van der Waals surface area contributed by atoms with Crippen molar-refractivity contribution in [1.29, 1.82) is 0 Å². The van der Waals surface area contributed by atoms with Crippen molar-refractivity contribution in [2.45, 2.75) is 20.8 Å². The summed E-state index contributed by atoms with van der Waals surface area (Å²) >= 11 is 0. The van der Waals surface area contributed by atoms with Crippen molar-refractivity contribution in [2.75, 3.05) is 15.4 Å². The van der Waals surface area contributed by atoms with Crippen LogP contribution in [0.15, 0.2) is 42.5 Å². The van der Waals surface area contributed by atoms with Gasteiger partial charge in [0.1, 0.15) is 0 Å². The zero-order chi connectivity index (χ0) is 19.1. The van der Waals surface area contributed by atoms with Crippen LogP contribution in [0.25, 0.3) is 0 Å². The average molecular weight is 372 g/mol. The molecule has 1 unspecified atom stereocenters. The Kier molecular flexibility index (Phi) is 4.58. The van der Waals surface area contributed by atoms with Crippen molar-refractivity contribution in [3.8, 4) is 0 Å². The molecule has 0 aliphatic carbocycles. The Morgan fingerprint density at radius 3 is 2.35 bits per heavy atom. The Morgan fingerprint density at radius 2 is 1.77 bits per heavy atom. The highest BCUT2D eigenvalue weighted by atomic mass is 32.2. The molecule has 6 nitrogen and oxygen atoms in total. The van der Waals surface area contributed by atoms with E-state index in [1.165, 1.54) is 12.1 Å². The van der Waals surface area contributed by atoms with Crippen molar-refractivity contribution < 1.29 is 18.0 Å². The summed E-state index contributed by atoms with van der Waals surface area (Å²) in [6.45, 7) is 5.46. The van der Waals surface area contributed by atoms with E-state index < -0.39 is 21.8 Å². The van der Waals surface area contributed by atoms with E-state index in [-0.39, 0.29) is 22.9 Å². The van der Waals surface area contributed by atoms with E-state index in [9.17, 15) is 18.0 Å². The van der Waals surface area contributed by atoms with Crippen molar-refractivity contribution in [1.82, 2.24) is 0 Å². The third-order valence-corrected chi connectivity index (χ3v) is 6.05. The second kappa shape index (κ2) is 6.57. The standard InChI is InChI=1S/C19H20N2O4S/c1-12-7-13(2)9-16(8-12)20-18(22)15-5-4-6-17(10-15)21-19(23)14(3)11-26(21,24)25/h4-10,14H,11H2,1-3H3,(H,20,22). The van der Waals surface area contributed by atoms with Crippen molar-refractivity contribution in [3.05, 3.63) is 59.2 Å². The summed E-state index contributed by atoms with van der Waals surface area (Å²) in [6, 6.07) is 11.8. The number of anilines is 2. The molecule has 7 heteroatoms. The molecule has 0 radical (unpaired) electrons. The number of carbonyl (C=O) groups excluding carboxylic acids is 2. The molecule has 0 aromatic heterocycles. The summed E-state index contributed by atoms with van der Waals surface area (Å²) < 4.78 is 25.3. The molecule has 1 saturated heterocycles. The lowest BCUT2D eigenvalue weighted by molar-refractivity contribution is -0.119. The maximum Gasteiger partial charge on any atom is 0.255 e. The minimum absolute atomic E-state index is 0.187. The van der Waals surface area contributed by atoms with Crippen LogP contribution in [0.1, 0.15) is 28.4 Å². The molecule has 0 bridgehead atoms. The third-order valence-electron chi connectivity index (χ3n) is 4.18. The molecule has 1 aliphatic heterocycles. The molecule has 1 aliphatic rings. The fourth-order valence-corrected chi connectivity index (χ4v) is 4.92. The van der Waals surface area contributed by atoms with Crippen molar-refractivity contribution >= 4 is 33.2 Å². The molecular formula is C19H20N2O4S. The molecule has 1 fully saturated rings. The van der Waals surface area contributed by atoms with Gasteiger partial charge in [0.15, 0.2) is 0 Å². The maximum absolute atomic E-state index is 12.5. The second-order valence-corrected chi connectivity index (χ2v) is 8.53. The number of hydrogen-bond acceptors (Lipinski definition) is 4. The number of carbonyl (C=O) groups is 2. The second-order valence-electron chi connectivity index (χ2n) is 6.66. The predicted octanol–water partition coefficient (Wildman–Crippen LogP) is 2.87. The van der Waals surface area contributed by atoms with Crippen LogP contribution in [-0.4, -0.2) is 26.0 Å². The molecule has 2 aromatic carbocycles. The van der Waals surface area contributed by atoms with Gasteiger partial charge in [-0.1, -0.05) is 19.1 Å². The van der Waals surface area contributed by atoms with Crippen LogP contribution in [0.2, 0.25) is 0 Å². The van der Waals surface area contributed by atoms with Crippen LogP contribution >= 0.6 is 0 Å². The number of aryl methyl sites for hydroxylation is 2. The Bertz CT molecular complexity index is 978. The number of sulfonamides is 1. The Labute approximate surface area is 152 Å².